The van der Waals surface area contributed by atoms with Crippen LogP contribution in [0, 0.1) is 16.7 Å². The molecule has 6 nitrogen and oxygen atoms in total. The summed E-state index contributed by atoms with van der Waals surface area (Å²) in [5, 5.41) is 11.1. The van der Waals surface area contributed by atoms with Gasteiger partial charge in [-0.1, -0.05) is 12.1 Å². The lowest BCUT2D eigenvalue weighted by Gasteiger charge is -2.30. The van der Waals surface area contributed by atoms with Gasteiger partial charge in [-0.25, -0.2) is 4.79 Å². The molecule has 3 rings (SSSR count). The first kappa shape index (κ1) is 12.4. The summed E-state index contributed by atoms with van der Waals surface area (Å²) in [7, 11) is 0. The zero-order chi connectivity index (χ0) is 14.3. The molecule has 100 valence electrons. The van der Waals surface area contributed by atoms with Gasteiger partial charge in [0, 0.05) is 0 Å². The maximum absolute atomic E-state index is 12.3. The van der Waals surface area contributed by atoms with E-state index in [0.29, 0.717) is 24.0 Å². The fourth-order valence-corrected chi connectivity index (χ4v) is 2.36. The molecule has 1 aliphatic heterocycles. The lowest BCUT2D eigenvalue weighted by atomic mass is 10.0. The third-order valence-electron chi connectivity index (χ3n) is 3.70. The van der Waals surface area contributed by atoms with Gasteiger partial charge < -0.3 is 0 Å². The van der Waals surface area contributed by atoms with E-state index in [1.54, 1.807) is 24.3 Å². The zero-order valence-corrected chi connectivity index (χ0v) is 10.5. The molecule has 1 spiro atoms. The molecule has 1 N–H and O–H groups in total. The highest BCUT2D eigenvalue weighted by molar-refractivity contribution is 6.20. The molecule has 2 aliphatic rings. The highest BCUT2D eigenvalue weighted by Crippen LogP contribution is 2.49. The second-order valence-electron chi connectivity index (χ2n) is 5.04. The predicted octanol–water partition coefficient (Wildman–Crippen LogP) is 0.917. The number of rotatable bonds is 2. The van der Waals surface area contributed by atoms with Crippen molar-refractivity contribution in [3.05, 3.63) is 35.4 Å². The molecule has 0 aromatic heterocycles. The van der Waals surface area contributed by atoms with Crippen molar-refractivity contribution in [1.29, 1.82) is 5.26 Å². The first-order valence-electron chi connectivity index (χ1n) is 6.23. The van der Waals surface area contributed by atoms with Crippen LogP contribution in [0.4, 0.5) is 4.79 Å². The van der Waals surface area contributed by atoms with E-state index in [1.165, 1.54) is 0 Å². The smallest absolute Gasteiger partial charge is 0.277 e. The Bertz CT molecular complexity index is 670. The van der Waals surface area contributed by atoms with Crippen molar-refractivity contribution in [1.82, 2.24) is 10.2 Å². The van der Waals surface area contributed by atoms with Crippen molar-refractivity contribution in [2.75, 3.05) is 0 Å². The number of amides is 4. The summed E-state index contributed by atoms with van der Waals surface area (Å²) in [4.78, 5) is 36.8. The Morgan fingerprint density at radius 1 is 1.30 bits per heavy atom. The van der Waals surface area contributed by atoms with Crippen LogP contribution in [-0.4, -0.2) is 22.7 Å². The molecule has 0 bridgehead atoms. The van der Waals surface area contributed by atoms with Gasteiger partial charge in [-0.15, -0.1) is 0 Å². The van der Waals surface area contributed by atoms with Crippen LogP contribution in [0.5, 0.6) is 0 Å². The Hall–Kier alpha value is -2.68. The number of nitrogens with zero attached hydrogens (tertiary/aromatic N) is 2. The van der Waals surface area contributed by atoms with E-state index in [9.17, 15) is 14.4 Å². The predicted molar refractivity (Wildman–Crippen MR) is 66.9 cm³/mol. The Morgan fingerprint density at radius 2 is 2.05 bits per heavy atom. The minimum Gasteiger partial charge on any atom is -0.277 e. The Morgan fingerprint density at radius 3 is 2.70 bits per heavy atom. The second kappa shape index (κ2) is 4.17. The SMILES string of the molecule is N#Cc1cccc(CN2C(=O)NC(=O)C3(CC3)C2=O)c1. The molecule has 6 heteroatoms. The van der Waals surface area contributed by atoms with Crippen LogP contribution in [-0.2, 0) is 16.1 Å². The second-order valence-corrected chi connectivity index (χ2v) is 5.04. The number of hydrogen-bond donors (Lipinski definition) is 1. The molecule has 0 radical (unpaired) electrons. The standard InChI is InChI=1S/C14H11N3O3/c15-7-9-2-1-3-10(6-9)8-17-12(19)14(4-5-14)11(18)16-13(17)20/h1-3,6H,4-5,8H2,(H,16,18,20). The molecule has 1 aromatic rings. The van der Waals surface area contributed by atoms with Crippen LogP contribution in [0.25, 0.3) is 0 Å². The van der Waals surface area contributed by atoms with Crippen LogP contribution < -0.4 is 5.32 Å². The minimum atomic E-state index is -1.03. The van der Waals surface area contributed by atoms with Crippen LogP contribution in [0.3, 0.4) is 0 Å². The van der Waals surface area contributed by atoms with Crippen molar-refractivity contribution in [2.24, 2.45) is 5.41 Å². The van der Waals surface area contributed by atoms with Crippen LogP contribution in [0.15, 0.2) is 24.3 Å². The molecule has 1 saturated heterocycles. The lowest BCUT2D eigenvalue weighted by Crippen LogP contribution is -2.58. The summed E-state index contributed by atoms with van der Waals surface area (Å²) in [6, 6.07) is 8.00. The van der Waals surface area contributed by atoms with Gasteiger partial charge in [0.15, 0.2) is 0 Å². The number of nitriles is 1. The minimum absolute atomic E-state index is 0.0647. The number of nitrogens with one attached hydrogen (secondary N) is 1. The molecular weight excluding hydrogens is 258 g/mol. The summed E-state index contributed by atoms with van der Waals surface area (Å²) in [5.41, 5.74) is 0.114. The Labute approximate surface area is 115 Å². The molecular formula is C14H11N3O3. The molecule has 1 heterocycles. The maximum Gasteiger partial charge on any atom is 0.331 e. The number of carbonyl (C=O) groups is 3. The van der Waals surface area contributed by atoms with Crippen molar-refractivity contribution >= 4 is 17.8 Å². The van der Waals surface area contributed by atoms with E-state index < -0.39 is 23.3 Å². The zero-order valence-electron chi connectivity index (χ0n) is 10.5. The fraction of sp³-hybridized carbons (Fsp3) is 0.286. The number of hydrogen-bond acceptors (Lipinski definition) is 4. The van der Waals surface area contributed by atoms with Gasteiger partial charge in [0.1, 0.15) is 5.41 Å². The number of benzene rings is 1. The van der Waals surface area contributed by atoms with Gasteiger partial charge in [0.25, 0.3) is 0 Å². The molecule has 20 heavy (non-hydrogen) atoms. The van der Waals surface area contributed by atoms with Crippen LogP contribution in [0.1, 0.15) is 24.0 Å². The van der Waals surface area contributed by atoms with Gasteiger partial charge in [0.2, 0.25) is 11.8 Å². The fourth-order valence-electron chi connectivity index (χ4n) is 2.36. The first-order valence-corrected chi connectivity index (χ1v) is 6.23. The monoisotopic (exact) mass is 269 g/mol. The van der Waals surface area contributed by atoms with Crippen molar-refractivity contribution in [3.8, 4) is 6.07 Å². The number of carbonyl (C=O) groups excluding carboxylic acids is 3. The summed E-state index contributed by atoms with van der Waals surface area (Å²) >= 11 is 0. The summed E-state index contributed by atoms with van der Waals surface area (Å²) < 4.78 is 0. The maximum atomic E-state index is 12.3. The summed E-state index contributed by atoms with van der Waals surface area (Å²) in [5.74, 6) is -0.928. The highest BCUT2D eigenvalue weighted by atomic mass is 16.2. The molecule has 0 atom stereocenters. The van der Waals surface area contributed by atoms with Gasteiger partial charge in [-0.3, -0.25) is 19.8 Å². The summed E-state index contributed by atoms with van der Waals surface area (Å²) in [6.07, 6.45) is 0.972. The quantitative estimate of drug-likeness (QED) is 0.808. The Kier molecular flexibility index (Phi) is 2.57. The van der Waals surface area contributed by atoms with Gasteiger partial charge in [-0.2, -0.15) is 5.26 Å². The molecule has 4 amide bonds. The number of urea groups is 1. The van der Waals surface area contributed by atoms with E-state index in [1.807, 2.05) is 6.07 Å². The average Bonchev–Trinajstić information content (AvgIpc) is 3.24. The van der Waals surface area contributed by atoms with Crippen molar-refractivity contribution in [3.63, 3.8) is 0 Å². The van der Waals surface area contributed by atoms with Gasteiger partial charge in [-0.05, 0) is 30.5 Å². The molecule has 1 aromatic carbocycles. The first-order chi connectivity index (χ1) is 9.56. The van der Waals surface area contributed by atoms with E-state index in [2.05, 4.69) is 5.32 Å². The third-order valence-corrected chi connectivity index (χ3v) is 3.70. The Balaban J connectivity index is 1.86. The molecule has 1 aliphatic carbocycles. The molecule has 2 fully saturated rings. The van der Waals surface area contributed by atoms with Gasteiger partial charge in [0.05, 0.1) is 18.2 Å². The largest absolute Gasteiger partial charge is 0.331 e. The van der Waals surface area contributed by atoms with Crippen molar-refractivity contribution < 1.29 is 14.4 Å². The normalized spacial score (nSPS) is 19.8. The topological polar surface area (TPSA) is 90.3 Å². The molecule has 0 unspecified atom stereocenters. The van der Waals surface area contributed by atoms with Gasteiger partial charge >= 0.3 is 6.03 Å². The van der Waals surface area contributed by atoms with E-state index in [4.69, 9.17) is 5.26 Å². The summed E-state index contributed by atoms with van der Waals surface area (Å²) in [6.45, 7) is 0.0647. The van der Waals surface area contributed by atoms with Crippen LogP contribution in [0.2, 0.25) is 0 Å². The van der Waals surface area contributed by atoms with E-state index >= 15 is 0 Å². The number of imide groups is 2. The third kappa shape index (κ3) is 1.75. The average molecular weight is 269 g/mol. The highest BCUT2D eigenvalue weighted by Gasteiger charge is 2.62. The van der Waals surface area contributed by atoms with E-state index in [-0.39, 0.29) is 6.54 Å². The lowest BCUT2D eigenvalue weighted by molar-refractivity contribution is -0.145. The number of barbiturate groups is 1. The van der Waals surface area contributed by atoms with E-state index in [0.717, 1.165) is 4.90 Å². The molecule has 1 saturated carbocycles. The van der Waals surface area contributed by atoms with Crippen molar-refractivity contribution in [2.45, 2.75) is 19.4 Å². The van der Waals surface area contributed by atoms with Crippen LogP contribution >= 0.6 is 0 Å².